The maximum absolute atomic E-state index is 14.6. The van der Waals surface area contributed by atoms with E-state index in [-0.39, 0.29) is 23.8 Å². The fourth-order valence-corrected chi connectivity index (χ4v) is 6.82. The summed E-state index contributed by atoms with van der Waals surface area (Å²) in [4.78, 5) is 30.0. The van der Waals surface area contributed by atoms with Gasteiger partial charge in [-0.05, 0) is 72.9 Å². The van der Waals surface area contributed by atoms with E-state index in [9.17, 15) is 18.0 Å². The second-order valence-electron chi connectivity index (χ2n) is 11.1. The monoisotopic (exact) mass is 645 g/mol. The van der Waals surface area contributed by atoms with E-state index >= 15 is 0 Å². The summed E-state index contributed by atoms with van der Waals surface area (Å²) in [7, 11) is -4.16. The first-order valence-electron chi connectivity index (χ1n) is 15.1. The Balaban J connectivity index is 1.81. The number of nitrogens with one attached hydrogen (secondary N) is 1. The number of anilines is 1. The van der Waals surface area contributed by atoms with E-state index in [1.54, 1.807) is 42.5 Å². The van der Waals surface area contributed by atoms with Gasteiger partial charge in [0.05, 0.1) is 10.6 Å². The number of carbonyl (C=O) groups excluding carboxylic acids is 2. The van der Waals surface area contributed by atoms with Crippen LogP contribution in [0.3, 0.4) is 0 Å². The Labute approximate surface area is 271 Å². The maximum Gasteiger partial charge on any atom is 0.264 e. The number of hydrogen-bond acceptors (Lipinski definition) is 4. The zero-order valence-corrected chi connectivity index (χ0v) is 27.5. The Hall–Kier alpha value is -4.14. The maximum atomic E-state index is 14.6. The van der Waals surface area contributed by atoms with Gasteiger partial charge in [0.1, 0.15) is 12.6 Å². The van der Waals surface area contributed by atoms with Gasteiger partial charge in [-0.2, -0.15) is 0 Å². The molecule has 4 rings (SSSR count). The van der Waals surface area contributed by atoms with Gasteiger partial charge in [0.15, 0.2) is 0 Å². The van der Waals surface area contributed by atoms with Crippen LogP contribution in [0.15, 0.2) is 108 Å². The van der Waals surface area contributed by atoms with Crippen molar-refractivity contribution in [3.05, 3.63) is 130 Å². The van der Waals surface area contributed by atoms with E-state index in [2.05, 4.69) is 5.32 Å². The molecule has 0 saturated heterocycles. The molecule has 0 fully saturated rings. The van der Waals surface area contributed by atoms with E-state index in [1.807, 2.05) is 69.3 Å². The lowest BCUT2D eigenvalue weighted by Gasteiger charge is -2.34. The third kappa shape index (κ3) is 8.96. The van der Waals surface area contributed by atoms with Gasteiger partial charge < -0.3 is 10.2 Å². The minimum Gasteiger partial charge on any atom is -0.354 e. The molecule has 4 aromatic rings. The van der Waals surface area contributed by atoms with Crippen LogP contribution in [-0.4, -0.2) is 44.3 Å². The summed E-state index contributed by atoms with van der Waals surface area (Å²) in [5, 5.41) is 3.50. The number of rotatable bonds is 14. The standard InChI is InChI=1S/C36H40ClN3O4S/c1-4-5-21-38-36(42)34(24-29-13-8-6-9-14-29)39(25-30-15-12-16-31(37)23-30)35(41)26-40(33-22-27(2)19-20-28(33)3)45(43,44)32-17-10-7-11-18-32/h6-20,22-23,34H,4-5,21,24-26H2,1-3H3,(H,38,42)/t34-/m1/s1. The van der Waals surface area contributed by atoms with Crippen molar-refractivity contribution >= 4 is 39.1 Å². The molecule has 0 saturated carbocycles. The Bertz CT molecular complexity index is 1700. The molecule has 0 aliphatic rings. The molecule has 45 heavy (non-hydrogen) atoms. The van der Waals surface area contributed by atoms with Gasteiger partial charge in [0, 0.05) is 24.5 Å². The van der Waals surface area contributed by atoms with Gasteiger partial charge in [-0.15, -0.1) is 0 Å². The summed E-state index contributed by atoms with van der Waals surface area (Å²) in [6.07, 6.45) is 1.94. The molecule has 7 nitrogen and oxygen atoms in total. The Morgan fingerprint density at radius 2 is 1.51 bits per heavy atom. The number of hydrogen-bond donors (Lipinski definition) is 1. The van der Waals surface area contributed by atoms with Gasteiger partial charge in [0.2, 0.25) is 11.8 Å². The lowest BCUT2D eigenvalue weighted by Crippen LogP contribution is -2.53. The van der Waals surface area contributed by atoms with Crippen molar-refractivity contribution in [2.75, 3.05) is 17.4 Å². The molecule has 236 valence electrons. The van der Waals surface area contributed by atoms with Crippen LogP contribution in [-0.2, 0) is 32.6 Å². The molecule has 0 bridgehead atoms. The fraction of sp³-hybridized carbons (Fsp3) is 0.278. The Kier molecular flexibility index (Phi) is 11.8. The lowest BCUT2D eigenvalue weighted by atomic mass is 10.0. The Morgan fingerprint density at radius 1 is 0.844 bits per heavy atom. The quantitative estimate of drug-likeness (QED) is 0.155. The van der Waals surface area contributed by atoms with E-state index in [0.29, 0.717) is 22.8 Å². The molecular formula is C36H40ClN3O4S. The molecule has 1 atom stereocenters. The van der Waals surface area contributed by atoms with E-state index < -0.39 is 28.5 Å². The van der Waals surface area contributed by atoms with Crippen LogP contribution >= 0.6 is 11.6 Å². The molecule has 0 unspecified atom stereocenters. The zero-order chi connectivity index (χ0) is 32.4. The lowest BCUT2D eigenvalue weighted by molar-refractivity contribution is -0.140. The summed E-state index contributed by atoms with van der Waals surface area (Å²) in [6, 6.07) is 29.3. The summed E-state index contributed by atoms with van der Waals surface area (Å²) >= 11 is 6.32. The second-order valence-corrected chi connectivity index (χ2v) is 13.4. The SMILES string of the molecule is CCCCNC(=O)[C@@H](Cc1ccccc1)N(Cc1cccc(Cl)c1)C(=O)CN(c1cc(C)ccc1C)S(=O)(=O)c1ccccc1. The average Bonchev–Trinajstić information content (AvgIpc) is 3.03. The summed E-state index contributed by atoms with van der Waals surface area (Å²) in [6.45, 7) is 5.75. The van der Waals surface area contributed by atoms with Gasteiger partial charge in [-0.3, -0.25) is 13.9 Å². The molecule has 0 aliphatic heterocycles. The van der Waals surface area contributed by atoms with Crippen molar-refractivity contribution in [1.29, 1.82) is 0 Å². The van der Waals surface area contributed by atoms with Crippen molar-refractivity contribution in [1.82, 2.24) is 10.2 Å². The van der Waals surface area contributed by atoms with Crippen molar-refractivity contribution in [3.63, 3.8) is 0 Å². The number of benzene rings is 4. The van der Waals surface area contributed by atoms with Crippen LogP contribution in [0.5, 0.6) is 0 Å². The minimum absolute atomic E-state index is 0.0596. The number of carbonyl (C=O) groups is 2. The normalized spacial score (nSPS) is 11.9. The number of halogens is 1. The van der Waals surface area contributed by atoms with Crippen molar-refractivity contribution in [2.45, 2.75) is 57.5 Å². The molecule has 0 aromatic heterocycles. The van der Waals surface area contributed by atoms with Crippen molar-refractivity contribution in [2.24, 2.45) is 0 Å². The van der Waals surface area contributed by atoms with Crippen molar-refractivity contribution in [3.8, 4) is 0 Å². The third-order valence-corrected chi connectivity index (χ3v) is 9.60. The molecule has 9 heteroatoms. The van der Waals surface area contributed by atoms with E-state index in [4.69, 9.17) is 11.6 Å². The minimum atomic E-state index is -4.16. The average molecular weight is 646 g/mol. The number of nitrogens with zero attached hydrogens (tertiary/aromatic N) is 2. The highest BCUT2D eigenvalue weighted by Gasteiger charge is 2.35. The predicted octanol–water partition coefficient (Wildman–Crippen LogP) is 6.71. The van der Waals surface area contributed by atoms with Gasteiger partial charge >= 0.3 is 0 Å². The molecule has 0 radical (unpaired) electrons. The topological polar surface area (TPSA) is 86.8 Å². The molecule has 2 amide bonds. The van der Waals surface area contributed by atoms with Crippen LogP contribution in [0.25, 0.3) is 0 Å². The third-order valence-electron chi connectivity index (χ3n) is 7.59. The highest BCUT2D eigenvalue weighted by Crippen LogP contribution is 2.29. The van der Waals surface area contributed by atoms with Crippen LogP contribution in [0.4, 0.5) is 5.69 Å². The fourth-order valence-electron chi connectivity index (χ4n) is 5.11. The van der Waals surface area contributed by atoms with Crippen LogP contribution in [0, 0.1) is 13.8 Å². The Morgan fingerprint density at radius 3 is 2.18 bits per heavy atom. The molecule has 0 spiro atoms. The van der Waals surface area contributed by atoms with Gasteiger partial charge in [-0.1, -0.05) is 97.7 Å². The highest BCUT2D eigenvalue weighted by molar-refractivity contribution is 7.92. The van der Waals surface area contributed by atoms with E-state index in [0.717, 1.165) is 33.8 Å². The molecule has 0 aliphatic carbocycles. The summed E-state index contributed by atoms with van der Waals surface area (Å²) in [5.41, 5.74) is 3.55. The number of aryl methyl sites for hydroxylation is 2. The van der Waals surface area contributed by atoms with Gasteiger partial charge in [0.25, 0.3) is 10.0 Å². The molecule has 4 aromatic carbocycles. The van der Waals surface area contributed by atoms with E-state index in [1.165, 1.54) is 17.0 Å². The number of unbranched alkanes of at least 4 members (excludes halogenated alkanes) is 1. The van der Waals surface area contributed by atoms with Crippen LogP contribution in [0.2, 0.25) is 5.02 Å². The first-order chi connectivity index (χ1) is 21.6. The number of amides is 2. The first-order valence-corrected chi connectivity index (χ1v) is 16.9. The summed E-state index contributed by atoms with van der Waals surface area (Å²) < 4.78 is 29.5. The molecule has 1 N–H and O–H groups in total. The first kappa shape index (κ1) is 33.7. The molecular weight excluding hydrogens is 606 g/mol. The summed E-state index contributed by atoms with van der Waals surface area (Å²) in [5.74, 6) is -0.811. The van der Waals surface area contributed by atoms with Crippen LogP contribution < -0.4 is 9.62 Å². The largest absolute Gasteiger partial charge is 0.354 e. The van der Waals surface area contributed by atoms with Crippen LogP contribution in [0.1, 0.15) is 42.0 Å². The second kappa shape index (κ2) is 15.7. The zero-order valence-electron chi connectivity index (χ0n) is 25.9. The predicted molar refractivity (Wildman–Crippen MR) is 181 cm³/mol. The smallest absolute Gasteiger partial charge is 0.264 e. The highest BCUT2D eigenvalue weighted by atomic mass is 35.5. The van der Waals surface area contributed by atoms with Gasteiger partial charge in [-0.25, -0.2) is 8.42 Å². The van der Waals surface area contributed by atoms with Crippen molar-refractivity contribution < 1.29 is 18.0 Å². The molecule has 0 heterocycles. The number of sulfonamides is 1.